The van der Waals surface area contributed by atoms with Crippen molar-refractivity contribution in [2.75, 3.05) is 6.54 Å². The Labute approximate surface area is 156 Å². The second kappa shape index (κ2) is 6.43. The molecule has 1 aromatic rings. The molecule has 1 fully saturated rings. The van der Waals surface area contributed by atoms with Crippen molar-refractivity contribution in [3.8, 4) is 0 Å². The summed E-state index contributed by atoms with van der Waals surface area (Å²) in [5.74, 6) is 0.448. The zero-order chi connectivity index (χ0) is 18.6. The maximum Gasteiger partial charge on any atom is 0.187 e. The minimum absolute atomic E-state index is 0.0437. The molecule has 26 heavy (non-hydrogen) atoms. The number of aryl methyl sites for hydroxylation is 1. The summed E-state index contributed by atoms with van der Waals surface area (Å²) >= 11 is -2.05. The fourth-order valence-corrected chi connectivity index (χ4v) is 5.17. The highest BCUT2D eigenvalue weighted by Gasteiger charge is 2.36. The third-order valence-electron chi connectivity index (χ3n) is 5.61. The van der Waals surface area contributed by atoms with Gasteiger partial charge in [-0.05, 0) is 80.2 Å². The lowest BCUT2D eigenvalue weighted by Crippen LogP contribution is -2.37. The number of nitrogens with zero attached hydrogens (tertiary/aromatic N) is 1. The van der Waals surface area contributed by atoms with E-state index in [1.165, 1.54) is 0 Å². The van der Waals surface area contributed by atoms with Gasteiger partial charge in [0.2, 0.25) is 0 Å². The van der Waals surface area contributed by atoms with Crippen molar-refractivity contribution < 1.29 is 13.2 Å². The van der Waals surface area contributed by atoms with E-state index in [4.69, 9.17) is 5.73 Å². The lowest BCUT2D eigenvalue weighted by molar-refractivity contribution is 0.139. The molecule has 1 aliphatic heterocycles. The van der Waals surface area contributed by atoms with Crippen molar-refractivity contribution in [3.05, 3.63) is 34.0 Å². The molecule has 2 atom stereocenters. The average molecular weight is 379 g/mol. The Morgan fingerprint density at radius 3 is 2.69 bits per heavy atom. The van der Waals surface area contributed by atoms with E-state index in [0.717, 1.165) is 53.6 Å². The molecule has 2 aliphatic carbocycles. The van der Waals surface area contributed by atoms with Crippen molar-refractivity contribution in [1.82, 2.24) is 4.90 Å². The van der Waals surface area contributed by atoms with Crippen LogP contribution in [0.3, 0.4) is 0 Å². The molecule has 4 rings (SSSR count). The fourth-order valence-electron chi connectivity index (χ4n) is 4.36. The Bertz CT molecular complexity index is 796. The molecule has 0 spiro atoms. The van der Waals surface area contributed by atoms with Crippen LogP contribution in [0.5, 0.6) is 0 Å². The molecule has 142 valence electrons. The SMILES string of the molecule is CC(C)(F)CN1Cc2cc3c(c(S(=O)O)c2C=C1C1CC1)CC(N)CC3. The van der Waals surface area contributed by atoms with E-state index < -0.39 is 16.7 Å². The summed E-state index contributed by atoms with van der Waals surface area (Å²) in [7, 11) is 0. The van der Waals surface area contributed by atoms with E-state index in [1.54, 1.807) is 13.8 Å². The van der Waals surface area contributed by atoms with Crippen LogP contribution >= 0.6 is 0 Å². The van der Waals surface area contributed by atoms with Gasteiger partial charge in [-0.25, -0.2) is 8.60 Å². The number of allylic oxidation sites excluding steroid dienone is 1. The molecule has 6 heteroatoms. The second-order valence-corrected chi connectivity index (χ2v) is 9.49. The summed E-state index contributed by atoms with van der Waals surface area (Å²) in [5, 5.41) is 0. The number of alkyl halides is 1. The van der Waals surface area contributed by atoms with Crippen molar-refractivity contribution in [2.45, 2.75) is 69.1 Å². The molecule has 0 bridgehead atoms. The Morgan fingerprint density at radius 1 is 1.35 bits per heavy atom. The first-order valence-electron chi connectivity index (χ1n) is 9.42. The van der Waals surface area contributed by atoms with E-state index in [2.05, 4.69) is 11.0 Å². The number of fused-ring (bicyclic) bond motifs is 2. The third kappa shape index (κ3) is 3.47. The Hall–Kier alpha value is -1.24. The van der Waals surface area contributed by atoms with E-state index in [9.17, 15) is 13.2 Å². The summed E-state index contributed by atoms with van der Waals surface area (Å²) in [5.41, 5.74) is 9.95. The van der Waals surface area contributed by atoms with E-state index >= 15 is 0 Å². The van der Waals surface area contributed by atoms with Crippen LogP contribution in [0.15, 0.2) is 16.7 Å². The van der Waals surface area contributed by atoms with Crippen LogP contribution in [0.4, 0.5) is 4.39 Å². The molecular formula is C20H27FN2O2S. The Balaban J connectivity index is 1.84. The number of benzene rings is 1. The summed E-state index contributed by atoms with van der Waals surface area (Å²) in [4.78, 5) is 2.66. The Kier molecular flexibility index (Phi) is 4.48. The molecular weight excluding hydrogens is 351 g/mol. The number of nitrogens with two attached hydrogens (primary N) is 1. The molecule has 0 amide bonds. The molecule has 3 aliphatic rings. The normalized spacial score (nSPS) is 24.0. The zero-order valence-electron chi connectivity index (χ0n) is 15.4. The molecule has 2 unspecified atom stereocenters. The summed E-state index contributed by atoms with van der Waals surface area (Å²) in [6.07, 6.45) is 6.65. The molecule has 0 radical (unpaired) electrons. The van der Waals surface area contributed by atoms with Crippen LogP contribution in [-0.2, 0) is 30.5 Å². The maximum absolute atomic E-state index is 14.4. The van der Waals surface area contributed by atoms with Crippen LogP contribution in [0.2, 0.25) is 0 Å². The van der Waals surface area contributed by atoms with Crippen molar-refractivity contribution >= 4 is 17.2 Å². The van der Waals surface area contributed by atoms with Gasteiger partial charge in [0.25, 0.3) is 0 Å². The van der Waals surface area contributed by atoms with Gasteiger partial charge in [0, 0.05) is 18.3 Å². The highest BCUT2D eigenvalue weighted by Crippen LogP contribution is 2.44. The van der Waals surface area contributed by atoms with Crippen molar-refractivity contribution in [2.24, 2.45) is 11.7 Å². The van der Waals surface area contributed by atoms with Gasteiger partial charge in [0.15, 0.2) is 11.1 Å². The fraction of sp³-hybridized carbons (Fsp3) is 0.600. The zero-order valence-corrected chi connectivity index (χ0v) is 16.2. The van der Waals surface area contributed by atoms with E-state index in [0.29, 0.717) is 30.3 Å². The number of hydrogen-bond donors (Lipinski definition) is 2. The minimum atomic E-state index is -2.05. The van der Waals surface area contributed by atoms with Crippen LogP contribution < -0.4 is 5.73 Å². The van der Waals surface area contributed by atoms with Gasteiger partial charge in [-0.3, -0.25) is 0 Å². The monoisotopic (exact) mass is 378 g/mol. The predicted octanol–water partition coefficient (Wildman–Crippen LogP) is 3.40. The van der Waals surface area contributed by atoms with Gasteiger partial charge in [0.1, 0.15) is 5.67 Å². The van der Waals surface area contributed by atoms with Gasteiger partial charge in [-0.1, -0.05) is 6.07 Å². The largest absolute Gasteiger partial charge is 0.367 e. The summed E-state index contributed by atoms with van der Waals surface area (Å²) in [6.45, 7) is 4.16. The number of rotatable bonds is 4. The van der Waals surface area contributed by atoms with Crippen LogP contribution in [-0.4, -0.2) is 31.9 Å². The van der Waals surface area contributed by atoms with Crippen molar-refractivity contribution in [3.63, 3.8) is 0 Å². The van der Waals surface area contributed by atoms with Gasteiger partial charge >= 0.3 is 0 Å². The molecule has 4 nitrogen and oxygen atoms in total. The van der Waals surface area contributed by atoms with Crippen LogP contribution in [0, 0.1) is 5.92 Å². The quantitative estimate of drug-likeness (QED) is 0.788. The van der Waals surface area contributed by atoms with Gasteiger partial charge in [-0.15, -0.1) is 0 Å². The predicted molar refractivity (Wildman–Crippen MR) is 102 cm³/mol. The first-order chi connectivity index (χ1) is 12.2. The molecule has 1 saturated carbocycles. The first-order valence-corrected chi connectivity index (χ1v) is 10.5. The maximum atomic E-state index is 14.4. The van der Waals surface area contributed by atoms with Crippen molar-refractivity contribution in [1.29, 1.82) is 0 Å². The average Bonchev–Trinajstić information content (AvgIpc) is 3.35. The van der Waals surface area contributed by atoms with Gasteiger partial charge < -0.3 is 15.2 Å². The first kappa shape index (κ1) is 18.1. The molecule has 1 aromatic carbocycles. The summed E-state index contributed by atoms with van der Waals surface area (Å²) in [6, 6.07) is 2.20. The lowest BCUT2D eigenvalue weighted by Gasteiger charge is -2.37. The lowest BCUT2D eigenvalue weighted by atomic mass is 9.84. The van der Waals surface area contributed by atoms with Gasteiger partial charge in [0.05, 0.1) is 11.4 Å². The number of hydrogen-bond acceptors (Lipinski definition) is 3. The summed E-state index contributed by atoms with van der Waals surface area (Å²) < 4.78 is 36.6. The van der Waals surface area contributed by atoms with Gasteiger partial charge in [-0.2, -0.15) is 0 Å². The topological polar surface area (TPSA) is 66.6 Å². The molecule has 0 saturated heterocycles. The highest BCUT2D eigenvalue weighted by atomic mass is 32.2. The minimum Gasteiger partial charge on any atom is -0.367 e. The molecule has 0 aromatic heterocycles. The highest BCUT2D eigenvalue weighted by molar-refractivity contribution is 7.79. The molecule has 1 heterocycles. The van der Waals surface area contributed by atoms with Crippen LogP contribution in [0.1, 0.15) is 55.4 Å². The molecule has 3 N–H and O–H groups in total. The smallest absolute Gasteiger partial charge is 0.187 e. The second-order valence-electron chi connectivity index (χ2n) is 8.59. The van der Waals surface area contributed by atoms with Crippen LogP contribution in [0.25, 0.3) is 6.08 Å². The number of halogens is 1. The Morgan fingerprint density at radius 2 is 2.08 bits per heavy atom. The third-order valence-corrected chi connectivity index (χ3v) is 6.42. The van der Waals surface area contributed by atoms with E-state index in [-0.39, 0.29) is 6.04 Å². The van der Waals surface area contributed by atoms with E-state index in [1.807, 2.05) is 6.08 Å². The standard InChI is InChI=1S/C20H27FN2O2S/c1-20(2,21)11-23-10-14-7-13-5-6-15(22)8-16(13)19(26(24)25)17(14)9-18(23)12-3-4-12/h7,9,12,15H,3-6,8,10-11,22H2,1-2H3,(H,24,25).